The minimum Gasteiger partial charge on any atom is -0.384 e. The molecule has 0 aromatic carbocycles. The molecule has 92 valence electrons. The maximum absolute atomic E-state index is 8.76. The van der Waals surface area contributed by atoms with E-state index in [1.165, 1.54) is 0 Å². The number of pyridine rings is 1. The minimum atomic E-state index is 0.180. The Balaban J connectivity index is 2.58. The lowest BCUT2D eigenvalue weighted by Crippen LogP contribution is -2.34. The number of nitrogens with zero attached hydrogens (tertiary/aromatic N) is 3. The summed E-state index contributed by atoms with van der Waals surface area (Å²) in [5, 5.41) is 12.1. The van der Waals surface area contributed by atoms with Crippen molar-refractivity contribution < 1.29 is 0 Å². The van der Waals surface area contributed by atoms with Crippen LogP contribution < -0.4 is 5.32 Å². The van der Waals surface area contributed by atoms with Gasteiger partial charge in [0.25, 0.3) is 0 Å². The Bertz CT molecular complexity index is 404. The van der Waals surface area contributed by atoms with Crippen molar-refractivity contribution in [2.45, 2.75) is 13.8 Å². The SMILES string of the molecule is CN(C)CC(C)(C)CNc1ccnc(C#N)c1. The van der Waals surface area contributed by atoms with Crippen LogP contribution in [0.5, 0.6) is 0 Å². The predicted octanol–water partition coefficient (Wildman–Crippen LogP) is 1.95. The van der Waals surface area contributed by atoms with E-state index in [0.717, 1.165) is 18.8 Å². The highest BCUT2D eigenvalue weighted by atomic mass is 15.1. The Hall–Kier alpha value is -1.60. The summed E-state index contributed by atoms with van der Waals surface area (Å²) in [6, 6.07) is 5.69. The molecule has 0 atom stereocenters. The molecule has 0 aliphatic rings. The molecule has 0 saturated carbocycles. The zero-order valence-corrected chi connectivity index (χ0v) is 11.0. The predicted molar refractivity (Wildman–Crippen MR) is 69.8 cm³/mol. The van der Waals surface area contributed by atoms with Gasteiger partial charge >= 0.3 is 0 Å². The second-order valence-corrected chi connectivity index (χ2v) is 5.30. The summed E-state index contributed by atoms with van der Waals surface area (Å²) < 4.78 is 0. The van der Waals surface area contributed by atoms with Crippen LogP contribution in [0.1, 0.15) is 19.5 Å². The van der Waals surface area contributed by atoms with E-state index in [9.17, 15) is 0 Å². The Morgan fingerprint density at radius 2 is 2.18 bits per heavy atom. The first-order chi connectivity index (χ1) is 7.93. The summed E-state index contributed by atoms with van der Waals surface area (Å²) in [6.07, 6.45) is 1.65. The van der Waals surface area contributed by atoms with E-state index in [0.29, 0.717) is 5.69 Å². The zero-order chi connectivity index (χ0) is 12.9. The molecule has 0 radical (unpaired) electrons. The van der Waals surface area contributed by atoms with E-state index < -0.39 is 0 Å². The first-order valence-electron chi connectivity index (χ1n) is 5.68. The lowest BCUT2D eigenvalue weighted by Gasteiger charge is -2.28. The normalized spacial score (nSPS) is 11.3. The van der Waals surface area contributed by atoms with E-state index in [4.69, 9.17) is 5.26 Å². The van der Waals surface area contributed by atoms with Crippen molar-refractivity contribution in [3.63, 3.8) is 0 Å². The molecule has 1 N–H and O–H groups in total. The van der Waals surface area contributed by atoms with Gasteiger partial charge in [0.15, 0.2) is 0 Å². The van der Waals surface area contributed by atoms with Gasteiger partial charge in [0, 0.05) is 25.0 Å². The van der Waals surface area contributed by atoms with Gasteiger partial charge in [-0.15, -0.1) is 0 Å². The number of anilines is 1. The average Bonchev–Trinajstić information content (AvgIpc) is 2.25. The molecule has 1 rings (SSSR count). The van der Waals surface area contributed by atoms with Gasteiger partial charge in [0.1, 0.15) is 11.8 Å². The van der Waals surface area contributed by atoms with Gasteiger partial charge in [0.2, 0.25) is 0 Å². The van der Waals surface area contributed by atoms with Crippen molar-refractivity contribution >= 4 is 5.69 Å². The minimum absolute atomic E-state index is 0.180. The van der Waals surface area contributed by atoms with Gasteiger partial charge in [-0.2, -0.15) is 5.26 Å². The van der Waals surface area contributed by atoms with E-state index in [1.807, 2.05) is 12.1 Å². The monoisotopic (exact) mass is 232 g/mol. The number of aromatic nitrogens is 1. The largest absolute Gasteiger partial charge is 0.384 e. The van der Waals surface area contributed by atoms with Crippen LogP contribution in [-0.2, 0) is 0 Å². The van der Waals surface area contributed by atoms with Gasteiger partial charge in [-0.1, -0.05) is 13.8 Å². The molecule has 0 unspecified atom stereocenters. The van der Waals surface area contributed by atoms with Crippen molar-refractivity contribution in [1.29, 1.82) is 5.26 Å². The average molecular weight is 232 g/mol. The molecule has 0 saturated heterocycles. The van der Waals surface area contributed by atoms with Crippen molar-refractivity contribution in [1.82, 2.24) is 9.88 Å². The van der Waals surface area contributed by atoms with E-state index in [1.54, 1.807) is 12.3 Å². The summed E-state index contributed by atoms with van der Waals surface area (Å²) in [6.45, 7) is 6.30. The summed E-state index contributed by atoms with van der Waals surface area (Å²) in [5.74, 6) is 0. The van der Waals surface area contributed by atoms with Crippen molar-refractivity contribution in [3.05, 3.63) is 24.0 Å². The van der Waals surface area contributed by atoms with Gasteiger partial charge in [-0.05, 0) is 31.6 Å². The molecule has 1 aromatic rings. The topological polar surface area (TPSA) is 52.0 Å². The van der Waals surface area contributed by atoms with Crippen LogP contribution in [0.3, 0.4) is 0 Å². The smallest absolute Gasteiger partial charge is 0.142 e. The molecule has 0 fully saturated rings. The molecular weight excluding hydrogens is 212 g/mol. The summed E-state index contributed by atoms with van der Waals surface area (Å²) in [5.41, 5.74) is 1.57. The molecule has 0 spiro atoms. The Morgan fingerprint density at radius 3 is 2.76 bits per heavy atom. The third-order valence-corrected chi connectivity index (χ3v) is 2.39. The molecule has 17 heavy (non-hydrogen) atoms. The van der Waals surface area contributed by atoms with Crippen LogP contribution in [-0.4, -0.2) is 37.1 Å². The van der Waals surface area contributed by atoms with Crippen LogP contribution >= 0.6 is 0 Å². The molecule has 4 heteroatoms. The second kappa shape index (κ2) is 5.65. The van der Waals surface area contributed by atoms with Gasteiger partial charge < -0.3 is 10.2 Å². The fourth-order valence-electron chi connectivity index (χ4n) is 1.85. The fourth-order valence-corrected chi connectivity index (χ4v) is 1.85. The maximum Gasteiger partial charge on any atom is 0.142 e. The van der Waals surface area contributed by atoms with Gasteiger partial charge in [-0.3, -0.25) is 0 Å². The van der Waals surface area contributed by atoms with E-state index in [-0.39, 0.29) is 5.41 Å². The summed E-state index contributed by atoms with van der Waals surface area (Å²) in [7, 11) is 4.14. The quantitative estimate of drug-likeness (QED) is 0.843. The molecule has 0 amide bonds. The van der Waals surface area contributed by atoms with Crippen LogP contribution in [0, 0.1) is 16.7 Å². The van der Waals surface area contributed by atoms with E-state index >= 15 is 0 Å². The highest BCUT2D eigenvalue weighted by Crippen LogP contribution is 2.17. The standard InChI is InChI=1S/C13H20N4/c1-13(2,10-17(3)4)9-16-11-5-6-15-12(7-11)8-14/h5-7H,9-10H2,1-4H3,(H,15,16). The summed E-state index contributed by atoms with van der Waals surface area (Å²) >= 11 is 0. The molecule has 4 nitrogen and oxygen atoms in total. The Labute approximate surface area is 103 Å². The number of rotatable bonds is 5. The summed E-state index contributed by atoms with van der Waals surface area (Å²) in [4.78, 5) is 6.12. The first kappa shape index (κ1) is 13.5. The number of hydrogen-bond acceptors (Lipinski definition) is 4. The van der Waals surface area contributed by atoms with Crippen molar-refractivity contribution in [2.75, 3.05) is 32.5 Å². The van der Waals surface area contributed by atoms with Gasteiger partial charge in [0.05, 0.1) is 0 Å². The molecule has 1 heterocycles. The van der Waals surface area contributed by atoms with Crippen LogP contribution in [0.15, 0.2) is 18.3 Å². The number of nitrogens with one attached hydrogen (secondary N) is 1. The van der Waals surface area contributed by atoms with Crippen molar-refractivity contribution in [2.24, 2.45) is 5.41 Å². The molecule has 1 aromatic heterocycles. The molecule has 0 aliphatic heterocycles. The number of hydrogen-bond donors (Lipinski definition) is 1. The highest BCUT2D eigenvalue weighted by Gasteiger charge is 2.18. The van der Waals surface area contributed by atoms with Gasteiger partial charge in [-0.25, -0.2) is 4.98 Å². The lowest BCUT2D eigenvalue weighted by molar-refractivity contribution is 0.254. The Kier molecular flexibility index (Phi) is 4.47. The highest BCUT2D eigenvalue weighted by molar-refractivity contribution is 5.45. The fraction of sp³-hybridized carbons (Fsp3) is 0.538. The second-order valence-electron chi connectivity index (χ2n) is 5.30. The number of nitriles is 1. The zero-order valence-electron chi connectivity index (χ0n) is 11.0. The molecule has 0 bridgehead atoms. The van der Waals surface area contributed by atoms with E-state index in [2.05, 4.69) is 43.1 Å². The third-order valence-electron chi connectivity index (χ3n) is 2.39. The molecular formula is C13H20N4. The van der Waals surface area contributed by atoms with Crippen LogP contribution in [0.4, 0.5) is 5.69 Å². The Morgan fingerprint density at radius 1 is 1.47 bits per heavy atom. The van der Waals surface area contributed by atoms with Crippen LogP contribution in [0.25, 0.3) is 0 Å². The van der Waals surface area contributed by atoms with Crippen LogP contribution in [0.2, 0.25) is 0 Å². The maximum atomic E-state index is 8.76. The molecule has 0 aliphatic carbocycles. The third kappa shape index (κ3) is 4.83. The first-order valence-corrected chi connectivity index (χ1v) is 5.68. The lowest BCUT2D eigenvalue weighted by atomic mass is 9.93. The van der Waals surface area contributed by atoms with Crippen molar-refractivity contribution in [3.8, 4) is 6.07 Å².